The molecule has 1 atom stereocenters. The van der Waals surface area contributed by atoms with E-state index in [0.29, 0.717) is 6.54 Å². The lowest BCUT2D eigenvalue weighted by atomic mass is 10.1. The van der Waals surface area contributed by atoms with E-state index in [2.05, 4.69) is 0 Å². The lowest BCUT2D eigenvalue weighted by Gasteiger charge is -2.28. The van der Waals surface area contributed by atoms with Gasteiger partial charge in [0.05, 0.1) is 5.75 Å². The summed E-state index contributed by atoms with van der Waals surface area (Å²) in [5.41, 5.74) is 1.14. The summed E-state index contributed by atoms with van der Waals surface area (Å²) in [5.74, 6) is -0.300. The van der Waals surface area contributed by atoms with Crippen LogP contribution in [0.15, 0.2) is 23.1 Å². The van der Waals surface area contributed by atoms with Gasteiger partial charge in [-0.15, -0.1) is 0 Å². The Bertz CT molecular complexity index is 814. The van der Waals surface area contributed by atoms with Gasteiger partial charge in [-0.3, -0.25) is 4.55 Å². The monoisotopic (exact) mass is 325 g/mol. The Morgan fingerprint density at radius 1 is 1.29 bits per heavy atom. The van der Waals surface area contributed by atoms with Crippen molar-refractivity contribution in [2.75, 3.05) is 12.3 Å². The number of fused-ring (bicyclic) bond motifs is 3. The molecule has 0 spiro atoms. The molecule has 1 aliphatic carbocycles. The van der Waals surface area contributed by atoms with Crippen molar-refractivity contribution in [1.82, 2.24) is 4.31 Å². The molecule has 0 aromatic heterocycles. The van der Waals surface area contributed by atoms with E-state index in [1.54, 1.807) is 10.4 Å². The van der Waals surface area contributed by atoms with Crippen LogP contribution in [0.3, 0.4) is 0 Å². The summed E-state index contributed by atoms with van der Waals surface area (Å²) >= 11 is 1.41. The van der Waals surface area contributed by atoms with Crippen LogP contribution in [0.5, 0.6) is 0 Å². The minimum Gasteiger partial charge on any atom is -0.374 e. The first-order valence-electron chi connectivity index (χ1n) is 6.55. The Labute approximate surface area is 127 Å². The largest absolute Gasteiger partial charge is 0.374 e. The zero-order valence-corrected chi connectivity index (χ0v) is 12.8. The molecular formula is C14H15NO4S2. The molecule has 1 heterocycles. The molecule has 1 aliphatic heterocycles. The third-order valence-electron chi connectivity index (χ3n) is 3.43. The predicted molar refractivity (Wildman–Crippen MR) is 83.3 cm³/mol. The topological polar surface area (TPSA) is 77.8 Å². The first-order chi connectivity index (χ1) is 9.94. The highest BCUT2D eigenvalue weighted by molar-refractivity contribution is 7.97. The van der Waals surface area contributed by atoms with Gasteiger partial charge in [0, 0.05) is 11.4 Å². The van der Waals surface area contributed by atoms with Crippen LogP contribution in [0.1, 0.15) is 12.0 Å². The minimum absolute atomic E-state index is 0.269. The van der Waals surface area contributed by atoms with Crippen molar-refractivity contribution in [1.29, 1.82) is 0 Å². The third-order valence-corrected chi connectivity index (χ3v) is 5.42. The molecular weight excluding hydrogens is 310 g/mol. The molecule has 7 heteroatoms. The highest BCUT2D eigenvalue weighted by Crippen LogP contribution is 2.25. The van der Waals surface area contributed by atoms with Crippen LogP contribution >= 0.6 is 11.9 Å². The third kappa shape index (κ3) is 3.22. The molecule has 0 amide bonds. The van der Waals surface area contributed by atoms with Gasteiger partial charge in [0.2, 0.25) is 0 Å². The standard InChI is InChI=1S/C14H15NO4S2/c16-14-9-12-11-4-1-3-10(11)5-6-13(12)20-15(14)7-2-8-21(17,18)19/h1,3-6,9,14,16H,2,7-8H2,(H,17,18,19). The number of allylic oxidation sites excluding steroid dienone is 1. The fourth-order valence-corrected chi connectivity index (χ4v) is 4.00. The number of aliphatic hydroxyl groups is 1. The number of aliphatic hydroxyl groups excluding tert-OH is 1. The number of benzene rings is 1. The fraction of sp³-hybridized carbons (Fsp3) is 0.286. The van der Waals surface area contributed by atoms with E-state index in [9.17, 15) is 13.5 Å². The van der Waals surface area contributed by atoms with Gasteiger partial charge in [0.1, 0.15) is 6.23 Å². The summed E-state index contributed by atoms with van der Waals surface area (Å²) < 4.78 is 31.9. The molecule has 3 rings (SSSR count). The molecule has 0 radical (unpaired) electrons. The van der Waals surface area contributed by atoms with E-state index < -0.39 is 16.3 Å². The number of hydrogen-bond acceptors (Lipinski definition) is 5. The van der Waals surface area contributed by atoms with Crippen LogP contribution in [-0.4, -0.2) is 40.9 Å². The summed E-state index contributed by atoms with van der Waals surface area (Å²) in [4.78, 5) is 1.03. The van der Waals surface area contributed by atoms with E-state index >= 15 is 0 Å². The molecule has 0 bridgehead atoms. The van der Waals surface area contributed by atoms with Crippen molar-refractivity contribution in [3.63, 3.8) is 0 Å². The SMILES string of the molecule is O=S(=O)(O)CCCN1Sc2ccc3c(c2=CC1O)=CC=C3. The average Bonchev–Trinajstić information content (AvgIpc) is 2.86. The van der Waals surface area contributed by atoms with Gasteiger partial charge in [-0.1, -0.05) is 24.3 Å². The van der Waals surface area contributed by atoms with E-state index in [1.165, 1.54) is 11.9 Å². The van der Waals surface area contributed by atoms with E-state index in [0.717, 1.165) is 20.9 Å². The molecule has 0 saturated carbocycles. The second-order valence-corrected chi connectivity index (χ2v) is 7.62. The normalized spacial score (nSPS) is 20.6. The Balaban J connectivity index is 1.80. The molecule has 21 heavy (non-hydrogen) atoms. The van der Waals surface area contributed by atoms with Crippen LogP contribution in [0.25, 0.3) is 18.2 Å². The van der Waals surface area contributed by atoms with Crippen LogP contribution in [-0.2, 0) is 10.1 Å². The smallest absolute Gasteiger partial charge is 0.264 e. The second-order valence-electron chi connectivity index (χ2n) is 4.96. The van der Waals surface area contributed by atoms with Crippen LogP contribution < -0.4 is 10.4 Å². The van der Waals surface area contributed by atoms with Crippen molar-refractivity contribution in [2.24, 2.45) is 0 Å². The molecule has 2 aliphatic rings. The van der Waals surface area contributed by atoms with E-state index in [4.69, 9.17) is 4.55 Å². The first-order valence-corrected chi connectivity index (χ1v) is 8.93. The molecule has 2 N–H and O–H groups in total. The van der Waals surface area contributed by atoms with Crippen molar-refractivity contribution in [3.8, 4) is 0 Å². The van der Waals surface area contributed by atoms with Crippen molar-refractivity contribution in [2.45, 2.75) is 17.5 Å². The summed E-state index contributed by atoms with van der Waals surface area (Å²) in [6.07, 6.45) is 7.30. The van der Waals surface area contributed by atoms with Crippen molar-refractivity contribution >= 4 is 40.3 Å². The number of rotatable bonds is 4. The highest BCUT2D eigenvalue weighted by atomic mass is 32.2. The Hall–Kier alpha value is -1.12. The van der Waals surface area contributed by atoms with Crippen LogP contribution in [0.2, 0.25) is 0 Å². The zero-order chi connectivity index (χ0) is 15.0. The highest BCUT2D eigenvalue weighted by Gasteiger charge is 2.21. The maximum atomic E-state index is 10.7. The van der Waals surface area contributed by atoms with Crippen LogP contribution in [0.4, 0.5) is 0 Å². The summed E-state index contributed by atoms with van der Waals surface area (Å²) in [5, 5.41) is 12.3. The van der Waals surface area contributed by atoms with Crippen molar-refractivity contribution < 1.29 is 18.1 Å². The quantitative estimate of drug-likeness (QED) is 0.608. The lowest BCUT2D eigenvalue weighted by molar-refractivity contribution is 0.127. The second kappa shape index (κ2) is 5.58. The van der Waals surface area contributed by atoms with Gasteiger partial charge < -0.3 is 5.11 Å². The first kappa shape index (κ1) is 14.8. The molecule has 5 nitrogen and oxygen atoms in total. The molecule has 0 fully saturated rings. The maximum absolute atomic E-state index is 10.7. The minimum atomic E-state index is -3.95. The molecule has 1 unspecified atom stereocenters. The van der Waals surface area contributed by atoms with Gasteiger partial charge in [0.25, 0.3) is 10.1 Å². The summed E-state index contributed by atoms with van der Waals surface area (Å²) in [7, 11) is -3.95. The fourth-order valence-electron chi connectivity index (χ4n) is 2.46. The van der Waals surface area contributed by atoms with Gasteiger partial charge >= 0.3 is 0 Å². The Morgan fingerprint density at radius 2 is 2.10 bits per heavy atom. The van der Waals surface area contributed by atoms with Gasteiger partial charge in [-0.25, -0.2) is 4.31 Å². The Morgan fingerprint density at radius 3 is 2.86 bits per heavy atom. The van der Waals surface area contributed by atoms with Crippen LogP contribution in [0, 0.1) is 0 Å². The molecule has 1 aromatic rings. The Kier molecular flexibility index (Phi) is 3.94. The molecule has 112 valence electrons. The predicted octanol–water partition coefficient (Wildman–Crippen LogP) is 0.193. The van der Waals surface area contributed by atoms with Gasteiger partial charge in [0.15, 0.2) is 0 Å². The van der Waals surface area contributed by atoms with Crippen molar-refractivity contribution in [3.05, 3.63) is 34.2 Å². The summed E-state index contributed by atoms with van der Waals surface area (Å²) in [6.45, 7) is 0.376. The van der Waals surface area contributed by atoms with E-state index in [1.807, 2.05) is 30.4 Å². The zero-order valence-electron chi connectivity index (χ0n) is 11.1. The average molecular weight is 325 g/mol. The lowest BCUT2D eigenvalue weighted by Crippen LogP contribution is -2.40. The number of nitrogens with zero attached hydrogens (tertiary/aromatic N) is 1. The summed E-state index contributed by atoms with van der Waals surface area (Å²) in [6, 6.07) is 4.03. The molecule has 1 aromatic carbocycles. The van der Waals surface area contributed by atoms with Gasteiger partial charge in [-0.05, 0) is 46.5 Å². The van der Waals surface area contributed by atoms with Gasteiger partial charge in [-0.2, -0.15) is 8.42 Å². The molecule has 0 saturated heterocycles. The maximum Gasteiger partial charge on any atom is 0.264 e. The van der Waals surface area contributed by atoms with E-state index in [-0.39, 0.29) is 12.2 Å². The number of hydrogen-bond donors (Lipinski definition) is 2.